The van der Waals surface area contributed by atoms with E-state index in [9.17, 15) is 0 Å². The second-order valence-corrected chi connectivity index (χ2v) is 4.14. The smallest absolute Gasteiger partial charge is 0.205 e. The SMILES string of the molecule is Cc1ccc(Oc2cccc3nccn23)cc1N. The van der Waals surface area contributed by atoms with Gasteiger partial charge in [0.25, 0.3) is 0 Å². The molecule has 3 aromatic rings. The van der Waals surface area contributed by atoms with Crippen LogP contribution in [0.2, 0.25) is 0 Å². The predicted octanol–water partition coefficient (Wildman–Crippen LogP) is 3.02. The Kier molecular flexibility index (Phi) is 2.41. The molecule has 2 aromatic heterocycles. The third-order valence-corrected chi connectivity index (χ3v) is 2.86. The molecule has 2 N–H and O–H groups in total. The van der Waals surface area contributed by atoms with Gasteiger partial charge in [-0.1, -0.05) is 12.1 Å². The number of aryl methyl sites for hydroxylation is 1. The molecule has 4 heteroatoms. The molecule has 0 aliphatic rings. The summed E-state index contributed by atoms with van der Waals surface area (Å²) in [6, 6.07) is 11.4. The Morgan fingerprint density at radius 1 is 1.22 bits per heavy atom. The van der Waals surface area contributed by atoms with Crippen LogP contribution in [0.15, 0.2) is 48.8 Å². The number of imidazole rings is 1. The number of nitrogens with zero attached hydrogens (tertiary/aromatic N) is 2. The molecule has 0 unspecified atom stereocenters. The second-order valence-electron chi connectivity index (χ2n) is 4.14. The Labute approximate surface area is 105 Å². The number of benzene rings is 1. The van der Waals surface area contributed by atoms with Crippen LogP contribution in [0.5, 0.6) is 11.6 Å². The first-order chi connectivity index (χ1) is 8.74. The van der Waals surface area contributed by atoms with Crippen molar-refractivity contribution in [2.75, 3.05) is 5.73 Å². The molecule has 3 rings (SSSR count). The van der Waals surface area contributed by atoms with Gasteiger partial charge in [0.15, 0.2) is 0 Å². The number of rotatable bonds is 2. The van der Waals surface area contributed by atoms with Crippen LogP contribution >= 0.6 is 0 Å². The first kappa shape index (κ1) is 10.7. The van der Waals surface area contributed by atoms with E-state index >= 15 is 0 Å². The lowest BCUT2D eigenvalue weighted by Gasteiger charge is -2.09. The van der Waals surface area contributed by atoms with Crippen LogP contribution < -0.4 is 10.5 Å². The van der Waals surface area contributed by atoms with Crippen molar-refractivity contribution in [2.45, 2.75) is 6.92 Å². The van der Waals surface area contributed by atoms with Gasteiger partial charge in [0.05, 0.1) is 0 Å². The Morgan fingerprint density at radius 3 is 2.94 bits per heavy atom. The average Bonchev–Trinajstić information content (AvgIpc) is 2.83. The number of nitrogens with two attached hydrogens (primary N) is 1. The summed E-state index contributed by atoms with van der Waals surface area (Å²) in [5, 5.41) is 0. The molecule has 4 nitrogen and oxygen atoms in total. The van der Waals surface area contributed by atoms with Gasteiger partial charge in [-0.3, -0.25) is 4.40 Å². The Bertz CT molecular complexity index is 703. The number of nitrogen functional groups attached to an aromatic ring is 1. The van der Waals surface area contributed by atoms with Gasteiger partial charge in [-0.25, -0.2) is 4.98 Å². The molecule has 0 aliphatic heterocycles. The summed E-state index contributed by atoms with van der Waals surface area (Å²) in [5.41, 5.74) is 8.49. The number of ether oxygens (including phenoxy) is 1. The summed E-state index contributed by atoms with van der Waals surface area (Å²) in [7, 11) is 0. The summed E-state index contributed by atoms with van der Waals surface area (Å²) >= 11 is 0. The highest BCUT2D eigenvalue weighted by molar-refractivity contribution is 5.51. The Morgan fingerprint density at radius 2 is 2.11 bits per heavy atom. The van der Waals surface area contributed by atoms with Crippen molar-refractivity contribution in [1.29, 1.82) is 0 Å². The molecule has 1 aromatic carbocycles. The van der Waals surface area contributed by atoms with E-state index in [2.05, 4.69) is 4.98 Å². The lowest BCUT2D eigenvalue weighted by atomic mass is 10.2. The van der Waals surface area contributed by atoms with Gasteiger partial charge in [0.2, 0.25) is 5.88 Å². The van der Waals surface area contributed by atoms with E-state index in [-0.39, 0.29) is 0 Å². The van der Waals surface area contributed by atoms with E-state index < -0.39 is 0 Å². The van der Waals surface area contributed by atoms with Crippen molar-refractivity contribution < 1.29 is 4.74 Å². The van der Waals surface area contributed by atoms with Gasteiger partial charge in [0, 0.05) is 24.1 Å². The Hall–Kier alpha value is -2.49. The van der Waals surface area contributed by atoms with Gasteiger partial charge in [0.1, 0.15) is 11.4 Å². The molecule has 0 saturated heterocycles. The number of fused-ring (bicyclic) bond motifs is 1. The monoisotopic (exact) mass is 239 g/mol. The topological polar surface area (TPSA) is 52.5 Å². The molecule has 18 heavy (non-hydrogen) atoms. The van der Waals surface area contributed by atoms with Gasteiger partial charge in [-0.15, -0.1) is 0 Å². The second kappa shape index (κ2) is 4.07. The third kappa shape index (κ3) is 1.78. The molecule has 2 heterocycles. The summed E-state index contributed by atoms with van der Waals surface area (Å²) in [4.78, 5) is 4.21. The van der Waals surface area contributed by atoms with Crippen LogP contribution in [0, 0.1) is 6.92 Å². The van der Waals surface area contributed by atoms with E-state index in [4.69, 9.17) is 10.5 Å². The number of hydrogen-bond donors (Lipinski definition) is 1. The zero-order valence-electron chi connectivity index (χ0n) is 10.00. The predicted molar refractivity (Wildman–Crippen MR) is 70.9 cm³/mol. The molecular weight excluding hydrogens is 226 g/mol. The van der Waals surface area contributed by atoms with Crippen molar-refractivity contribution in [2.24, 2.45) is 0 Å². The molecule has 0 bridgehead atoms. The average molecular weight is 239 g/mol. The summed E-state index contributed by atoms with van der Waals surface area (Å²) in [6.45, 7) is 1.97. The molecular formula is C14H13N3O. The van der Waals surface area contributed by atoms with Crippen molar-refractivity contribution in [3.63, 3.8) is 0 Å². The molecule has 0 fully saturated rings. The molecule has 0 saturated carbocycles. The lowest BCUT2D eigenvalue weighted by molar-refractivity contribution is 0.456. The zero-order chi connectivity index (χ0) is 12.5. The highest BCUT2D eigenvalue weighted by Crippen LogP contribution is 2.25. The number of anilines is 1. The van der Waals surface area contributed by atoms with Crippen molar-refractivity contribution in [3.8, 4) is 11.6 Å². The zero-order valence-corrected chi connectivity index (χ0v) is 10.00. The fraction of sp³-hybridized carbons (Fsp3) is 0.0714. The molecule has 0 spiro atoms. The van der Waals surface area contributed by atoms with Crippen LogP contribution in [0.1, 0.15) is 5.56 Å². The van der Waals surface area contributed by atoms with Crippen LogP contribution in [0.3, 0.4) is 0 Å². The Balaban J connectivity index is 2.01. The molecule has 90 valence electrons. The molecule has 0 amide bonds. The summed E-state index contributed by atoms with van der Waals surface area (Å²) in [5.74, 6) is 1.44. The molecule has 0 aliphatic carbocycles. The van der Waals surface area contributed by atoms with Crippen LogP contribution in [0.4, 0.5) is 5.69 Å². The standard InChI is InChI=1S/C14H13N3O/c1-10-5-6-11(9-12(10)15)18-14-4-2-3-13-16-7-8-17(13)14/h2-9H,15H2,1H3. The van der Waals surface area contributed by atoms with E-state index in [0.717, 1.165) is 22.6 Å². The first-order valence-electron chi connectivity index (χ1n) is 5.70. The minimum Gasteiger partial charge on any atom is -0.440 e. The number of hydrogen-bond acceptors (Lipinski definition) is 3. The van der Waals surface area contributed by atoms with E-state index in [1.54, 1.807) is 6.20 Å². The van der Waals surface area contributed by atoms with Crippen LogP contribution in [0.25, 0.3) is 5.65 Å². The fourth-order valence-corrected chi connectivity index (χ4v) is 1.81. The summed E-state index contributed by atoms with van der Waals surface area (Å²) < 4.78 is 7.71. The molecule has 0 atom stereocenters. The lowest BCUT2D eigenvalue weighted by Crippen LogP contribution is -1.94. The largest absolute Gasteiger partial charge is 0.440 e. The van der Waals surface area contributed by atoms with E-state index in [0.29, 0.717) is 5.88 Å². The van der Waals surface area contributed by atoms with Crippen LogP contribution in [-0.2, 0) is 0 Å². The summed E-state index contributed by atoms with van der Waals surface area (Å²) in [6.07, 6.45) is 3.61. The van der Waals surface area contributed by atoms with Crippen molar-refractivity contribution in [3.05, 3.63) is 54.4 Å². The maximum absolute atomic E-state index is 5.87. The minimum atomic E-state index is 0.716. The fourth-order valence-electron chi connectivity index (χ4n) is 1.81. The first-order valence-corrected chi connectivity index (χ1v) is 5.70. The highest BCUT2D eigenvalue weighted by Gasteiger charge is 2.04. The van der Waals surface area contributed by atoms with Gasteiger partial charge in [-0.05, 0) is 30.7 Å². The van der Waals surface area contributed by atoms with Crippen molar-refractivity contribution >= 4 is 11.3 Å². The van der Waals surface area contributed by atoms with E-state index in [1.807, 2.05) is 53.9 Å². The van der Waals surface area contributed by atoms with Crippen molar-refractivity contribution in [1.82, 2.24) is 9.38 Å². The normalized spacial score (nSPS) is 10.7. The van der Waals surface area contributed by atoms with E-state index in [1.165, 1.54) is 0 Å². The third-order valence-electron chi connectivity index (χ3n) is 2.86. The number of aromatic nitrogens is 2. The maximum Gasteiger partial charge on any atom is 0.205 e. The molecule has 0 radical (unpaired) electrons. The number of pyridine rings is 1. The highest BCUT2D eigenvalue weighted by atomic mass is 16.5. The van der Waals surface area contributed by atoms with Gasteiger partial charge in [-0.2, -0.15) is 0 Å². The van der Waals surface area contributed by atoms with Crippen LogP contribution in [-0.4, -0.2) is 9.38 Å². The van der Waals surface area contributed by atoms with Gasteiger partial charge < -0.3 is 10.5 Å². The quantitative estimate of drug-likeness (QED) is 0.699. The maximum atomic E-state index is 5.87. The minimum absolute atomic E-state index is 0.716. The van der Waals surface area contributed by atoms with Gasteiger partial charge >= 0.3 is 0 Å².